The normalized spacial score (nSPS) is 22.3. The van der Waals surface area contributed by atoms with Crippen molar-refractivity contribution in [3.63, 3.8) is 0 Å². The van der Waals surface area contributed by atoms with E-state index in [1.165, 1.54) is 18.2 Å². The number of anilines is 1. The van der Waals surface area contributed by atoms with Crippen molar-refractivity contribution < 1.29 is 23.7 Å². The van der Waals surface area contributed by atoms with Gasteiger partial charge in [-0.25, -0.2) is 13.8 Å². The lowest BCUT2D eigenvalue weighted by Gasteiger charge is -2.42. The predicted octanol–water partition coefficient (Wildman–Crippen LogP) is 4.37. The Morgan fingerprint density at radius 1 is 1.31 bits per heavy atom. The summed E-state index contributed by atoms with van der Waals surface area (Å²) in [5, 5.41) is 21.4. The maximum Gasteiger partial charge on any atom is 0.184 e. The first kappa shape index (κ1) is 20.7. The summed E-state index contributed by atoms with van der Waals surface area (Å²) in [5.74, 6) is -0.601. The largest absolute Gasteiger partial charge is 0.489 e. The summed E-state index contributed by atoms with van der Waals surface area (Å²) >= 11 is 10.2. The van der Waals surface area contributed by atoms with Crippen molar-refractivity contribution in [2.75, 3.05) is 24.6 Å². The van der Waals surface area contributed by atoms with Crippen molar-refractivity contribution >= 4 is 54.8 Å². The van der Waals surface area contributed by atoms with Gasteiger partial charge in [0.05, 0.1) is 5.69 Å². The van der Waals surface area contributed by atoms with Gasteiger partial charge in [0.15, 0.2) is 10.3 Å². The number of β-amino-alcohol motifs (C(OH)–C–C–N with tert-alkyl or cyclic N) is 1. The third kappa shape index (κ3) is 4.06. The molecule has 2 atom stereocenters. The lowest BCUT2D eigenvalue weighted by atomic mass is 9.89. The van der Waals surface area contributed by atoms with Crippen molar-refractivity contribution in [2.45, 2.75) is 18.1 Å². The molecule has 2 heterocycles. The van der Waals surface area contributed by atoms with Gasteiger partial charge in [-0.1, -0.05) is 38.9 Å². The Morgan fingerprint density at radius 3 is 2.83 bits per heavy atom. The highest BCUT2D eigenvalue weighted by Gasteiger charge is 2.42. The van der Waals surface area contributed by atoms with E-state index in [9.17, 15) is 19.0 Å². The molecule has 10 heteroatoms. The molecule has 154 valence electrons. The Bertz CT molecular complexity index is 1070. The molecule has 0 bridgehead atoms. The zero-order valence-electron chi connectivity index (χ0n) is 14.9. The van der Waals surface area contributed by atoms with E-state index in [0.717, 1.165) is 11.3 Å². The van der Waals surface area contributed by atoms with Crippen LogP contribution < -0.4 is 9.64 Å². The first-order valence-electron chi connectivity index (χ1n) is 8.74. The van der Waals surface area contributed by atoms with Crippen LogP contribution in [-0.2, 0) is 0 Å². The van der Waals surface area contributed by atoms with Crippen LogP contribution in [0.2, 0.25) is 4.47 Å². The lowest BCUT2D eigenvalue weighted by molar-refractivity contribution is -0.108. The topological polar surface area (TPSA) is 65.8 Å². The molecule has 2 aromatic carbocycles. The van der Waals surface area contributed by atoms with E-state index in [2.05, 4.69) is 20.9 Å². The molecule has 1 aromatic heterocycles. The second-order valence-corrected chi connectivity index (χ2v) is 9.39. The van der Waals surface area contributed by atoms with Gasteiger partial charge in [-0.05, 0) is 36.8 Å². The fourth-order valence-electron chi connectivity index (χ4n) is 3.33. The average molecular weight is 506 g/mol. The lowest BCUT2D eigenvalue weighted by Crippen LogP contribution is -2.58. The van der Waals surface area contributed by atoms with E-state index in [4.69, 9.17) is 16.3 Å². The van der Waals surface area contributed by atoms with Crippen LogP contribution in [-0.4, -0.2) is 46.6 Å². The van der Waals surface area contributed by atoms with Crippen molar-refractivity contribution in [2.24, 2.45) is 0 Å². The summed E-state index contributed by atoms with van der Waals surface area (Å²) in [7, 11) is 0. The van der Waals surface area contributed by atoms with E-state index in [0.29, 0.717) is 27.2 Å². The molecular formula is C19H16BrClF2N2O3S. The van der Waals surface area contributed by atoms with Crippen molar-refractivity contribution in [1.82, 2.24) is 4.98 Å². The number of benzene rings is 2. The summed E-state index contributed by atoms with van der Waals surface area (Å²) in [6, 6.07) is 7.34. The molecule has 29 heavy (non-hydrogen) atoms. The number of thiazole rings is 1. The minimum absolute atomic E-state index is 0.0453. The van der Waals surface area contributed by atoms with Gasteiger partial charge >= 0.3 is 0 Å². The first-order chi connectivity index (χ1) is 13.8. The van der Waals surface area contributed by atoms with Crippen LogP contribution in [0.3, 0.4) is 0 Å². The minimum atomic E-state index is -1.53. The number of aliphatic hydroxyl groups excluding tert-OH is 1. The molecule has 2 N–H and O–H groups in total. The fourth-order valence-corrected chi connectivity index (χ4v) is 4.75. The highest BCUT2D eigenvalue weighted by Crippen LogP contribution is 2.36. The highest BCUT2D eigenvalue weighted by molar-refractivity contribution is 9.10. The number of rotatable bonds is 4. The van der Waals surface area contributed by atoms with E-state index in [-0.39, 0.29) is 29.6 Å². The van der Waals surface area contributed by atoms with E-state index in [1.54, 1.807) is 17.0 Å². The molecule has 1 fully saturated rings. The quantitative estimate of drug-likeness (QED) is 0.551. The van der Waals surface area contributed by atoms with Crippen LogP contribution in [0.5, 0.6) is 5.75 Å². The summed E-state index contributed by atoms with van der Waals surface area (Å²) in [5.41, 5.74) is -1.07. The maximum atomic E-state index is 14.2. The van der Waals surface area contributed by atoms with Gasteiger partial charge in [-0.2, -0.15) is 0 Å². The second kappa shape index (κ2) is 7.96. The molecule has 4 rings (SSSR count). The molecule has 1 saturated heterocycles. The Morgan fingerprint density at radius 2 is 2.10 bits per heavy atom. The number of fused-ring (bicyclic) bond motifs is 1. The summed E-state index contributed by atoms with van der Waals surface area (Å²) in [6.07, 6.45) is -1.00. The van der Waals surface area contributed by atoms with Crippen LogP contribution in [0, 0.1) is 11.6 Å². The Balaban J connectivity index is 1.48. The van der Waals surface area contributed by atoms with E-state index in [1.807, 2.05) is 0 Å². The van der Waals surface area contributed by atoms with E-state index < -0.39 is 23.3 Å². The number of aliphatic hydroxyl groups is 2. The van der Waals surface area contributed by atoms with Crippen molar-refractivity contribution in [1.29, 1.82) is 0 Å². The van der Waals surface area contributed by atoms with Gasteiger partial charge in [0.2, 0.25) is 0 Å². The Labute approximate surface area is 182 Å². The maximum absolute atomic E-state index is 14.2. The van der Waals surface area contributed by atoms with Crippen molar-refractivity contribution in [3.05, 3.63) is 50.9 Å². The second-order valence-electron chi connectivity index (χ2n) is 6.89. The minimum Gasteiger partial charge on any atom is -0.489 e. The van der Waals surface area contributed by atoms with Gasteiger partial charge in [-0.3, -0.25) is 0 Å². The van der Waals surface area contributed by atoms with Crippen LogP contribution in [0.1, 0.15) is 6.42 Å². The number of piperidine rings is 1. The Hall–Kier alpha value is -1.52. The van der Waals surface area contributed by atoms with Crippen LogP contribution >= 0.6 is 38.9 Å². The summed E-state index contributed by atoms with van der Waals surface area (Å²) < 4.78 is 35.0. The van der Waals surface area contributed by atoms with Gasteiger partial charge in [-0.15, -0.1) is 0 Å². The zero-order chi connectivity index (χ0) is 20.8. The number of hydrogen-bond acceptors (Lipinski definition) is 6. The fraction of sp³-hybridized carbons (Fsp3) is 0.316. The van der Waals surface area contributed by atoms with Gasteiger partial charge in [0.1, 0.15) is 40.1 Å². The Kier molecular flexibility index (Phi) is 5.69. The first-order valence-corrected chi connectivity index (χ1v) is 10.7. The van der Waals surface area contributed by atoms with Crippen LogP contribution in [0.15, 0.2) is 34.8 Å². The molecule has 0 saturated carbocycles. The van der Waals surface area contributed by atoms with Gasteiger partial charge in [0, 0.05) is 17.6 Å². The molecule has 0 unspecified atom stereocenters. The number of nitrogens with zero attached hydrogens (tertiary/aromatic N) is 2. The monoisotopic (exact) mass is 504 g/mol. The SMILES string of the molecule is O[C@@H]1CN(c2ccc(Br)cc2F)CC[C@@]1(O)COc1ccc(F)c2nc(Cl)sc12. The van der Waals surface area contributed by atoms with Crippen LogP contribution in [0.25, 0.3) is 10.2 Å². The standard InChI is InChI=1S/C19H16BrClF2N2O3S/c20-10-1-3-13(12(23)7-10)25-6-5-19(27,15(26)8-25)9-28-14-4-2-11(22)16-17(14)29-18(21)24-16/h1-4,7,15,26-27H,5-6,8-9H2/t15-,19-/m1/s1. The molecule has 0 spiro atoms. The van der Waals surface area contributed by atoms with E-state index >= 15 is 0 Å². The highest BCUT2D eigenvalue weighted by atomic mass is 79.9. The smallest absolute Gasteiger partial charge is 0.184 e. The zero-order valence-corrected chi connectivity index (χ0v) is 18.1. The van der Waals surface area contributed by atoms with Gasteiger partial charge in [0.25, 0.3) is 0 Å². The number of hydrogen-bond donors (Lipinski definition) is 2. The molecule has 1 aliphatic rings. The third-order valence-electron chi connectivity index (χ3n) is 4.99. The molecule has 0 aliphatic carbocycles. The molecule has 0 radical (unpaired) electrons. The average Bonchev–Trinajstić information content (AvgIpc) is 3.06. The predicted molar refractivity (Wildman–Crippen MR) is 112 cm³/mol. The molecular weight excluding hydrogens is 490 g/mol. The third-order valence-corrected chi connectivity index (χ3v) is 6.66. The van der Waals surface area contributed by atoms with Gasteiger partial charge < -0.3 is 19.8 Å². The summed E-state index contributed by atoms with van der Waals surface area (Å²) in [6.45, 7) is 0.172. The molecule has 3 aromatic rings. The molecule has 1 aliphatic heterocycles. The number of halogens is 4. The molecule has 0 amide bonds. The number of aromatic nitrogens is 1. The summed E-state index contributed by atoms with van der Waals surface area (Å²) in [4.78, 5) is 5.61. The van der Waals surface area contributed by atoms with Crippen LogP contribution in [0.4, 0.5) is 14.5 Å². The van der Waals surface area contributed by atoms with Crippen molar-refractivity contribution in [3.8, 4) is 5.75 Å². The number of ether oxygens (including phenoxy) is 1. The molecule has 5 nitrogen and oxygen atoms in total.